The van der Waals surface area contributed by atoms with E-state index in [1.165, 1.54) is 33.6 Å². The predicted octanol–water partition coefficient (Wildman–Crippen LogP) is 3.40. The van der Waals surface area contributed by atoms with Gasteiger partial charge in [0.25, 0.3) is 0 Å². The molecule has 0 fully saturated rings. The number of nitriles is 1. The number of furan rings is 1. The second-order valence-corrected chi connectivity index (χ2v) is 7.70. The summed E-state index contributed by atoms with van der Waals surface area (Å²) in [6.45, 7) is 0.0248. The molecule has 0 aliphatic carbocycles. The van der Waals surface area contributed by atoms with E-state index in [0.29, 0.717) is 16.5 Å². The topological polar surface area (TPSA) is 112 Å². The van der Waals surface area contributed by atoms with Crippen molar-refractivity contribution in [2.75, 3.05) is 0 Å². The van der Waals surface area contributed by atoms with E-state index in [4.69, 9.17) is 21.3 Å². The Bertz CT molecular complexity index is 1720. The summed E-state index contributed by atoms with van der Waals surface area (Å²) < 4.78 is 23.1. The van der Waals surface area contributed by atoms with Crippen molar-refractivity contribution in [2.24, 2.45) is 7.05 Å². The van der Waals surface area contributed by atoms with E-state index in [-0.39, 0.29) is 40.5 Å². The molecule has 0 saturated heterocycles. The standard InChI is InChI=1S/C22H14ClFN6O3/c1-28-19-12(10-27-28)9-26-11-17(19)30-21(31)20-16(29(22(30)32)6-2-5-25)8-18(33-20)14-4-3-13(24)7-15(14)23/h3-4,7-11H,2,6H2,1H3. The van der Waals surface area contributed by atoms with Gasteiger partial charge in [-0.3, -0.25) is 19.0 Å². The fourth-order valence-corrected chi connectivity index (χ4v) is 4.10. The van der Waals surface area contributed by atoms with Gasteiger partial charge in [-0.25, -0.2) is 13.8 Å². The van der Waals surface area contributed by atoms with E-state index in [1.807, 2.05) is 6.07 Å². The summed E-state index contributed by atoms with van der Waals surface area (Å²) in [5.41, 5.74) is -0.148. The average Bonchev–Trinajstić information content (AvgIpc) is 3.39. The normalized spacial score (nSPS) is 11.3. The molecule has 0 aliphatic rings. The van der Waals surface area contributed by atoms with Gasteiger partial charge in [0.2, 0.25) is 5.58 Å². The number of nitrogens with zero attached hydrogens (tertiary/aromatic N) is 6. The summed E-state index contributed by atoms with van der Waals surface area (Å²) in [5, 5.41) is 14.0. The molecule has 0 aliphatic heterocycles. The summed E-state index contributed by atoms with van der Waals surface area (Å²) in [7, 11) is 1.69. The Morgan fingerprint density at radius 3 is 2.79 bits per heavy atom. The predicted molar refractivity (Wildman–Crippen MR) is 119 cm³/mol. The lowest BCUT2D eigenvalue weighted by Crippen LogP contribution is -2.39. The summed E-state index contributed by atoms with van der Waals surface area (Å²) >= 11 is 6.17. The molecule has 164 valence electrons. The van der Waals surface area contributed by atoms with Crippen LogP contribution in [0.3, 0.4) is 0 Å². The second-order valence-electron chi connectivity index (χ2n) is 7.30. The molecule has 1 aromatic carbocycles. The molecular formula is C22H14ClFN6O3. The van der Waals surface area contributed by atoms with Gasteiger partial charge in [-0.15, -0.1) is 0 Å². The maximum absolute atomic E-state index is 13.5. The number of fused-ring (bicyclic) bond motifs is 2. The quantitative estimate of drug-likeness (QED) is 0.403. The van der Waals surface area contributed by atoms with Gasteiger partial charge in [0.1, 0.15) is 11.6 Å². The zero-order valence-electron chi connectivity index (χ0n) is 17.1. The number of benzene rings is 1. The van der Waals surface area contributed by atoms with Crippen molar-refractivity contribution < 1.29 is 8.81 Å². The van der Waals surface area contributed by atoms with Crippen LogP contribution in [0.4, 0.5) is 4.39 Å². The van der Waals surface area contributed by atoms with E-state index in [2.05, 4.69) is 10.1 Å². The zero-order valence-corrected chi connectivity index (χ0v) is 17.9. The first-order valence-corrected chi connectivity index (χ1v) is 10.2. The maximum atomic E-state index is 13.5. The molecule has 11 heteroatoms. The minimum Gasteiger partial charge on any atom is -0.449 e. The van der Waals surface area contributed by atoms with E-state index in [9.17, 15) is 14.0 Å². The van der Waals surface area contributed by atoms with Crippen LogP contribution in [0.2, 0.25) is 5.02 Å². The summed E-state index contributed by atoms with van der Waals surface area (Å²) in [5.74, 6) is -0.336. The fraction of sp³-hybridized carbons (Fsp3) is 0.136. The van der Waals surface area contributed by atoms with Crippen LogP contribution in [0.1, 0.15) is 6.42 Å². The lowest BCUT2D eigenvalue weighted by atomic mass is 10.1. The van der Waals surface area contributed by atoms with Gasteiger partial charge in [0.05, 0.1) is 46.6 Å². The SMILES string of the molecule is Cn1ncc2cncc(-n3c(=O)c4oc(-c5ccc(F)cc5Cl)cc4n(CCC#N)c3=O)c21. The van der Waals surface area contributed by atoms with Gasteiger partial charge in [-0.05, 0) is 18.2 Å². The molecule has 33 heavy (non-hydrogen) atoms. The molecule has 0 spiro atoms. The highest BCUT2D eigenvalue weighted by Gasteiger charge is 2.22. The third kappa shape index (κ3) is 3.21. The van der Waals surface area contributed by atoms with Gasteiger partial charge in [-0.2, -0.15) is 10.4 Å². The number of halogens is 2. The van der Waals surface area contributed by atoms with E-state index in [0.717, 1.165) is 10.6 Å². The Balaban J connectivity index is 1.87. The molecular weight excluding hydrogens is 451 g/mol. The van der Waals surface area contributed by atoms with Crippen molar-refractivity contribution in [3.8, 4) is 23.1 Å². The van der Waals surface area contributed by atoms with Crippen LogP contribution in [-0.4, -0.2) is 23.9 Å². The van der Waals surface area contributed by atoms with Crippen LogP contribution in [-0.2, 0) is 13.6 Å². The molecule has 0 unspecified atom stereocenters. The first-order chi connectivity index (χ1) is 15.9. The van der Waals surface area contributed by atoms with E-state index >= 15 is 0 Å². The van der Waals surface area contributed by atoms with Gasteiger partial charge in [-0.1, -0.05) is 11.6 Å². The van der Waals surface area contributed by atoms with Gasteiger partial charge in [0.15, 0.2) is 0 Å². The molecule has 0 amide bonds. The summed E-state index contributed by atoms with van der Waals surface area (Å²) in [4.78, 5) is 31.1. The Labute approximate surface area is 189 Å². The van der Waals surface area contributed by atoms with Gasteiger partial charge >= 0.3 is 11.2 Å². The molecule has 4 aromatic heterocycles. The molecule has 0 atom stereocenters. The molecule has 0 N–H and O–H groups in total. The molecule has 5 rings (SSSR count). The Hall–Kier alpha value is -4.23. The van der Waals surface area contributed by atoms with Crippen molar-refractivity contribution in [1.82, 2.24) is 23.9 Å². The lowest BCUT2D eigenvalue weighted by molar-refractivity contribution is 0.603. The van der Waals surface area contributed by atoms with Crippen LogP contribution >= 0.6 is 11.6 Å². The minimum atomic E-state index is -0.705. The van der Waals surface area contributed by atoms with Gasteiger partial charge < -0.3 is 4.42 Å². The van der Waals surface area contributed by atoms with Crippen LogP contribution in [0.15, 0.2) is 56.9 Å². The average molecular weight is 465 g/mol. The number of hydrogen-bond donors (Lipinski definition) is 0. The van der Waals surface area contributed by atoms with Crippen molar-refractivity contribution >= 4 is 33.6 Å². The molecule has 4 heterocycles. The number of pyridine rings is 1. The Kier molecular flexibility index (Phi) is 4.83. The number of aryl methyl sites for hydroxylation is 2. The van der Waals surface area contributed by atoms with Crippen molar-refractivity contribution in [3.63, 3.8) is 0 Å². The smallest absolute Gasteiger partial charge is 0.336 e. The third-order valence-electron chi connectivity index (χ3n) is 5.33. The highest BCUT2D eigenvalue weighted by molar-refractivity contribution is 6.33. The fourth-order valence-electron chi connectivity index (χ4n) is 3.84. The second kappa shape index (κ2) is 7.72. The highest BCUT2D eigenvalue weighted by atomic mass is 35.5. The highest BCUT2D eigenvalue weighted by Crippen LogP contribution is 2.32. The van der Waals surface area contributed by atoms with Crippen LogP contribution in [0.5, 0.6) is 0 Å². The lowest BCUT2D eigenvalue weighted by Gasteiger charge is -2.11. The van der Waals surface area contributed by atoms with Crippen LogP contribution in [0, 0.1) is 17.1 Å². The molecule has 5 aromatic rings. The third-order valence-corrected chi connectivity index (χ3v) is 5.64. The minimum absolute atomic E-state index is 0.0248. The van der Waals surface area contributed by atoms with Crippen molar-refractivity contribution in [3.05, 3.63) is 74.5 Å². The van der Waals surface area contributed by atoms with Crippen LogP contribution in [0.25, 0.3) is 39.0 Å². The van der Waals surface area contributed by atoms with Crippen molar-refractivity contribution in [1.29, 1.82) is 5.26 Å². The molecule has 0 radical (unpaired) electrons. The van der Waals surface area contributed by atoms with Crippen molar-refractivity contribution in [2.45, 2.75) is 13.0 Å². The Morgan fingerprint density at radius 1 is 1.21 bits per heavy atom. The van der Waals surface area contributed by atoms with E-state index < -0.39 is 17.1 Å². The summed E-state index contributed by atoms with van der Waals surface area (Å²) in [6, 6.07) is 7.25. The molecule has 0 bridgehead atoms. The Morgan fingerprint density at radius 2 is 2.03 bits per heavy atom. The van der Waals surface area contributed by atoms with Crippen LogP contribution < -0.4 is 11.2 Å². The summed E-state index contributed by atoms with van der Waals surface area (Å²) in [6.07, 6.45) is 4.57. The number of hydrogen-bond acceptors (Lipinski definition) is 6. The van der Waals surface area contributed by atoms with Gasteiger partial charge in [0, 0.05) is 36.8 Å². The largest absolute Gasteiger partial charge is 0.449 e. The monoisotopic (exact) mass is 464 g/mol. The molecule has 0 saturated carbocycles. The van der Waals surface area contributed by atoms with E-state index in [1.54, 1.807) is 19.4 Å². The first-order valence-electron chi connectivity index (χ1n) is 9.78. The number of rotatable bonds is 4. The number of aromatic nitrogens is 5. The first kappa shape index (κ1) is 20.7. The molecule has 9 nitrogen and oxygen atoms in total. The maximum Gasteiger partial charge on any atom is 0.336 e. The zero-order chi connectivity index (χ0) is 23.3.